The summed E-state index contributed by atoms with van der Waals surface area (Å²) < 4.78 is 4.71. The lowest BCUT2D eigenvalue weighted by Gasteiger charge is -2.46. The molecule has 5 nitrogen and oxygen atoms in total. The lowest BCUT2D eigenvalue weighted by atomic mass is 10.0. The smallest absolute Gasteiger partial charge is 0.337 e. The summed E-state index contributed by atoms with van der Waals surface area (Å²) in [7, 11) is 1.41. The summed E-state index contributed by atoms with van der Waals surface area (Å²) in [5.74, 6) is -0.274. The Balaban J connectivity index is 1.46. The van der Waals surface area contributed by atoms with Crippen LogP contribution in [0.15, 0.2) is 24.3 Å². The highest BCUT2D eigenvalue weighted by atomic mass is 16.5. The molecule has 3 rings (SSSR count). The minimum Gasteiger partial charge on any atom is -0.465 e. The molecule has 0 amide bonds. The number of nitrogens with one attached hydrogen (secondary N) is 1. The maximum atomic E-state index is 11.4. The highest BCUT2D eigenvalue weighted by molar-refractivity contribution is 5.89. The Kier molecular flexibility index (Phi) is 4.53. The van der Waals surface area contributed by atoms with Crippen LogP contribution in [-0.2, 0) is 11.3 Å². The quantitative estimate of drug-likeness (QED) is 0.821. The predicted molar refractivity (Wildman–Crippen MR) is 81.3 cm³/mol. The number of nitrogens with zero attached hydrogens (tertiary/aromatic N) is 2. The average molecular weight is 289 g/mol. The molecular weight excluding hydrogens is 266 g/mol. The van der Waals surface area contributed by atoms with Crippen LogP contribution in [0.25, 0.3) is 0 Å². The maximum absolute atomic E-state index is 11.4. The van der Waals surface area contributed by atoms with E-state index in [1.807, 2.05) is 24.3 Å². The Morgan fingerprint density at radius 3 is 2.52 bits per heavy atom. The van der Waals surface area contributed by atoms with Crippen LogP contribution in [0.1, 0.15) is 15.9 Å². The van der Waals surface area contributed by atoms with Gasteiger partial charge in [0.2, 0.25) is 0 Å². The Labute approximate surface area is 125 Å². The van der Waals surface area contributed by atoms with Gasteiger partial charge in [0, 0.05) is 51.9 Å². The topological polar surface area (TPSA) is 44.8 Å². The van der Waals surface area contributed by atoms with Crippen LogP contribution in [0.3, 0.4) is 0 Å². The van der Waals surface area contributed by atoms with Crippen LogP contribution in [-0.4, -0.2) is 68.2 Å². The van der Waals surface area contributed by atoms with Crippen molar-refractivity contribution >= 4 is 5.97 Å². The lowest BCUT2D eigenvalue weighted by Crippen LogP contribution is -2.62. The molecule has 0 aliphatic carbocycles. The van der Waals surface area contributed by atoms with E-state index in [-0.39, 0.29) is 5.97 Å². The van der Waals surface area contributed by atoms with Crippen molar-refractivity contribution in [2.45, 2.75) is 12.6 Å². The minimum absolute atomic E-state index is 0.274. The minimum atomic E-state index is -0.274. The third-order valence-electron chi connectivity index (χ3n) is 4.39. The molecule has 2 aliphatic heterocycles. The van der Waals surface area contributed by atoms with Gasteiger partial charge in [0.25, 0.3) is 0 Å². The van der Waals surface area contributed by atoms with Crippen molar-refractivity contribution in [3.8, 4) is 0 Å². The van der Waals surface area contributed by atoms with Crippen LogP contribution in [0, 0.1) is 0 Å². The molecule has 114 valence electrons. The second kappa shape index (κ2) is 6.56. The number of carbonyl (C=O) groups excluding carboxylic acids is 1. The van der Waals surface area contributed by atoms with Gasteiger partial charge in [0.05, 0.1) is 12.7 Å². The summed E-state index contributed by atoms with van der Waals surface area (Å²) in [4.78, 5) is 16.4. The number of hydrogen-bond donors (Lipinski definition) is 1. The fraction of sp³-hybridized carbons (Fsp3) is 0.562. The van der Waals surface area contributed by atoms with Gasteiger partial charge in [-0.15, -0.1) is 0 Å². The van der Waals surface area contributed by atoms with Gasteiger partial charge < -0.3 is 10.1 Å². The van der Waals surface area contributed by atoms with Crippen LogP contribution in [0.2, 0.25) is 0 Å². The third kappa shape index (κ3) is 3.43. The summed E-state index contributed by atoms with van der Waals surface area (Å²) in [5, 5.41) is 3.39. The molecule has 0 radical (unpaired) electrons. The van der Waals surface area contributed by atoms with Gasteiger partial charge in [0.15, 0.2) is 0 Å². The van der Waals surface area contributed by atoms with E-state index in [2.05, 4.69) is 15.1 Å². The van der Waals surface area contributed by atoms with E-state index in [9.17, 15) is 4.79 Å². The number of rotatable bonds is 4. The van der Waals surface area contributed by atoms with Gasteiger partial charge in [0.1, 0.15) is 0 Å². The number of hydrogen-bond acceptors (Lipinski definition) is 5. The second-order valence-electron chi connectivity index (χ2n) is 5.82. The number of carbonyl (C=O) groups is 1. The third-order valence-corrected chi connectivity index (χ3v) is 4.39. The van der Waals surface area contributed by atoms with Gasteiger partial charge >= 0.3 is 5.97 Å². The monoisotopic (exact) mass is 289 g/mol. The van der Waals surface area contributed by atoms with E-state index in [0.29, 0.717) is 5.56 Å². The zero-order valence-electron chi connectivity index (χ0n) is 12.5. The zero-order valence-corrected chi connectivity index (χ0v) is 12.5. The Morgan fingerprint density at radius 2 is 1.90 bits per heavy atom. The molecular formula is C16H23N3O2. The molecule has 0 atom stereocenters. The zero-order chi connectivity index (χ0) is 14.7. The van der Waals surface area contributed by atoms with Gasteiger partial charge in [-0.05, 0) is 17.7 Å². The molecule has 21 heavy (non-hydrogen) atoms. The molecule has 2 aliphatic rings. The molecule has 2 heterocycles. The van der Waals surface area contributed by atoms with Crippen molar-refractivity contribution in [3.05, 3.63) is 35.4 Å². The molecule has 1 aromatic rings. The number of ether oxygens (including phenoxy) is 1. The summed E-state index contributed by atoms with van der Waals surface area (Å²) in [6, 6.07) is 8.44. The summed E-state index contributed by atoms with van der Waals surface area (Å²) in [6.45, 7) is 7.84. The van der Waals surface area contributed by atoms with Crippen molar-refractivity contribution in [1.82, 2.24) is 15.1 Å². The normalized spacial score (nSPS) is 21.0. The van der Waals surface area contributed by atoms with E-state index >= 15 is 0 Å². The highest BCUT2D eigenvalue weighted by Gasteiger charge is 2.31. The van der Waals surface area contributed by atoms with Crippen molar-refractivity contribution in [2.75, 3.05) is 46.4 Å². The molecule has 0 unspecified atom stereocenters. The molecule has 2 saturated heterocycles. The van der Waals surface area contributed by atoms with Gasteiger partial charge in [-0.2, -0.15) is 0 Å². The molecule has 5 heteroatoms. The highest BCUT2D eigenvalue weighted by Crippen LogP contribution is 2.18. The Hall–Kier alpha value is -1.43. The molecule has 1 aromatic carbocycles. The Bertz CT molecular complexity index is 477. The first-order chi connectivity index (χ1) is 10.3. The molecule has 1 N–H and O–H groups in total. The molecule has 0 spiro atoms. The number of piperazine rings is 1. The van der Waals surface area contributed by atoms with E-state index in [1.54, 1.807) is 0 Å². The predicted octanol–water partition coefficient (Wildman–Crippen LogP) is 0.563. The molecule has 2 fully saturated rings. The van der Waals surface area contributed by atoms with Gasteiger partial charge in [-0.3, -0.25) is 9.80 Å². The van der Waals surface area contributed by atoms with E-state index in [0.717, 1.165) is 38.8 Å². The van der Waals surface area contributed by atoms with Gasteiger partial charge in [-0.25, -0.2) is 4.79 Å². The SMILES string of the molecule is COC(=O)c1ccc(CN2CC(N3CCNCC3)C2)cc1. The standard InChI is InChI=1S/C16H23N3O2/c1-21-16(20)14-4-2-13(3-5-14)10-18-11-15(12-18)19-8-6-17-7-9-19/h2-5,15,17H,6-12H2,1H3. The lowest BCUT2D eigenvalue weighted by molar-refractivity contribution is 0.0223. The van der Waals surface area contributed by atoms with E-state index in [1.165, 1.54) is 25.8 Å². The van der Waals surface area contributed by atoms with Crippen molar-refractivity contribution in [2.24, 2.45) is 0 Å². The number of esters is 1. The van der Waals surface area contributed by atoms with Crippen molar-refractivity contribution in [1.29, 1.82) is 0 Å². The van der Waals surface area contributed by atoms with Crippen molar-refractivity contribution in [3.63, 3.8) is 0 Å². The number of methoxy groups -OCH3 is 1. The summed E-state index contributed by atoms with van der Waals surface area (Å²) in [6.07, 6.45) is 0. The largest absolute Gasteiger partial charge is 0.465 e. The number of likely N-dealkylation sites (tertiary alicyclic amines) is 1. The second-order valence-corrected chi connectivity index (χ2v) is 5.82. The van der Waals surface area contributed by atoms with E-state index in [4.69, 9.17) is 4.74 Å². The maximum Gasteiger partial charge on any atom is 0.337 e. The van der Waals surface area contributed by atoms with Crippen molar-refractivity contribution < 1.29 is 9.53 Å². The first-order valence-electron chi connectivity index (χ1n) is 7.60. The number of benzene rings is 1. The van der Waals surface area contributed by atoms with Crippen LogP contribution in [0.5, 0.6) is 0 Å². The first-order valence-corrected chi connectivity index (χ1v) is 7.60. The van der Waals surface area contributed by atoms with Crippen LogP contribution in [0.4, 0.5) is 0 Å². The average Bonchev–Trinajstić information content (AvgIpc) is 2.51. The van der Waals surface area contributed by atoms with Crippen LogP contribution >= 0.6 is 0 Å². The van der Waals surface area contributed by atoms with Gasteiger partial charge in [-0.1, -0.05) is 12.1 Å². The fourth-order valence-corrected chi connectivity index (χ4v) is 3.07. The van der Waals surface area contributed by atoms with Crippen LogP contribution < -0.4 is 5.32 Å². The molecule has 0 saturated carbocycles. The molecule has 0 bridgehead atoms. The van der Waals surface area contributed by atoms with E-state index < -0.39 is 0 Å². The molecule has 0 aromatic heterocycles. The fourth-order valence-electron chi connectivity index (χ4n) is 3.07. The summed E-state index contributed by atoms with van der Waals surface area (Å²) >= 11 is 0. The summed E-state index contributed by atoms with van der Waals surface area (Å²) in [5.41, 5.74) is 1.87. The first kappa shape index (κ1) is 14.5. The Morgan fingerprint density at radius 1 is 1.24 bits per heavy atom.